The molecule has 5 nitrogen and oxygen atoms in total. The molecule has 2 N–H and O–H groups in total. The van der Waals surface area contributed by atoms with Crippen LogP contribution in [0.4, 0.5) is 0 Å². The molecule has 0 aliphatic carbocycles. The third-order valence-electron chi connectivity index (χ3n) is 5.20. The predicted octanol–water partition coefficient (Wildman–Crippen LogP) is 4.66. The largest absolute Gasteiger partial charge is 0.493 e. The fourth-order valence-corrected chi connectivity index (χ4v) is 3.51. The highest BCUT2D eigenvalue weighted by atomic mass is 16.5. The van der Waals surface area contributed by atoms with Gasteiger partial charge in [-0.15, -0.1) is 0 Å². The van der Waals surface area contributed by atoms with Gasteiger partial charge in [0, 0.05) is 32.0 Å². The van der Waals surface area contributed by atoms with Crippen LogP contribution in [0.5, 0.6) is 11.5 Å². The van der Waals surface area contributed by atoms with Crippen molar-refractivity contribution in [2.75, 3.05) is 20.2 Å². The molecule has 5 heteroatoms. The van der Waals surface area contributed by atoms with E-state index in [-0.39, 0.29) is 5.41 Å². The molecule has 1 heterocycles. The van der Waals surface area contributed by atoms with E-state index in [1.165, 1.54) is 11.1 Å². The van der Waals surface area contributed by atoms with E-state index >= 15 is 0 Å². The Balaban J connectivity index is 1.73. The van der Waals surface area contributed by atoms with Gasteiger partial charge in [0.1, 0.15) is 6.61 Å². The van der Waals surface area contributed by atoms with Gasteiger partial charge in [-0.2, -0.15) is 0 Å². The minimum absolute atomic E-state index is 0.0189. The van der Waals surface area contributed by atoms with Gasteiger partial charge in [0.2, 0.25) is 0 Å². The molecule has 0 spiro atoms. The highest BCUT2D eigenvalue weighted by molar-refractivity contribution is 5.43. The molecular formula is C26H33N3O2. The topological polar surface area (TPSA) is 60.6 Å². The molecule has 3 rings (SSSR count). The first kappa shape index (κ1) is 22.8. The van der Waals surface area contributed by atoms with Gasteiger partial charge in [-0.05, 0) is 46.8 Å². The van der Waals surface area contributed by atoms with Crippen molar-refractivity contribution in [2.45, 2.75) is 33.5 Å². The van der Waals surface area contributed by atoms with Crippen molar-refractivity contribution in [1.29, 1.82) is 0 Å². The SMILES string of the molecule is COc1cc(CN(Cc2cccnc2)CC(C)(C)CN)ccc1OCc1ccccc1. The number of pyridine rings is 1. The predicted molar refractivity (Wildman–Crippen MR) is 125 cm³/mol. The van der Waals surface area contributed by atoms with E-state index in [0.717, 1.165) is 36.7 Å². The molecule has 0 atom stereocenters. The van der Waals surface area contributed by atoms with E-state index in [1.54, 1.807) is 13.3 Å². The zero-order valence-corrected chi connectivity index (χ0v) is 18.8. The number of rotatable bonds is 11. The highest BCUT2D eigenvalue weighted by Crippen LogP contribution is 2.30. The summed E-state index contributed by atoms with van der Waals surface area (Å²) in [6, 6.07) is 20.4. The molecule has 3 aromatic rings. The summed E-state index contributed by atoms with van der Waals surface area (Å²) in [5, 5.41) is 0. The molecule has 1 aromatic heterocycles. The van der Waals surface area contributed by atoms with Crippen LogP contribution in [0.3, 0.4) is 0 Å². The Hall–Kier alpha value is -2.89. The molecule has 0 bridgehead atoms. The molecule has 0 saturated carbocycles. The van der Waals surface area contributed by atoms with Crippen LogP contribution in [-0.4, -0.2) is 30.1 Å². The minimum atomic E-state index is 0.0189. The summed E-state index contributed by atoms with van der Waals surface area (Å²) in [6.07, 6.45) is 3.72. The molecule has 2 aromatic carbocycles. The van der Waals surface area contributed by atoms with Crippen molar-refractivity contribution in [3.63, 3.8) is 0 Å². The first-order chi connectivity index (χ1) is 15.0. The summed E-state index contributed by atoms with van der Waals surface area (Å²) in [6.45, 7) is 8.02. The molecule has 0 saturated heterocycles. The Labute approximate surface area is 185 Å². The Morgan fingerprint density at radius 1 is 0.903 bits per heavy atom. The van der Waals surface area contributed by atoms with Crippen molar-refractivity contribution in [1.82, 2.24) is 9.88 Å². The molecule has 0 fully saturated rings. The van der Waals surface area contributed by atoms with Gasteiger partial charge >= 0.3 is 0 Å². The summed E-state index contributed by atoms with van der Waals surface area (Å²) < 4.78 is 11.6. The third-order valence-corrected chi connectivity index (χ3v) is 5.20. The second-order valence-corrected chi connectivity index (χ2v) is 8.63. The van der Waals surface area contributed by atoms with E-state index in [1.807, 2.05) is 36.5 Å². The zero-order chi connectivity index (χ0) is 22.1. The average Bonchev–Trinajstić information content (AvgIpc) is 2.79. The van der Waals surface area contributed by atoms with E-state index in [9.17, 15) is 0 Å². The maximum atomic E-state index is 6.01. The number of ether oxygens (including phenoxy) is 2. The van der Waals surface area contributed by atoms with Crippen LogP contribution in [-0.2, 0) is 19.7 Å². The van der Waals surface area contributed by atoms with Gasteiger partial charge in [-0.25, -0.2) is 0 Å². The molecule has 0 radical (unpaired) electrons. The maximum Gasteiger partial charge on any atom is 0.161 e. The van der Waals surface area contributed by atoms with Crippen molar-refractivity contribution < 1.29 is 9.47 Å². The Kier molecular flexibility index (Phi) is 8.04. The Morgan fingerprint density at radius 2 is 1.65 bits per heavy atom. The average molecular weight is 420 g/mol. The van der Waals surface area contributed by atoms with Gasteiger partial charge in [0.05, 0.1) is 7.11 Å². The van der Waals surface area contributed by atoms with Crippen molar-refractivity contribution in [3.05, 3.63) is 89.7 Å². The molecule has 0 aliphatic rings. The van der Waals surface area contributed by atoms with E-state index in [4.69, 9.17) is 15.2 Å². The maximum absolute atomic E-state index is 6.01. The second-order valence-electron chi connectivity index (χ2n) is 8.63. The summed E-state index contributed by atoms with van der Waals surface area (Å²) in [4.78, 5) is 6.66. The van der Waals surface area contributed by atoms with Crippen LogP contribution in [0.2, 0.25) is 0 Å². The van der Waals surface area contributed by atoms with Crippen LogP contribution >= 0.6 is 0 Å². The number of hydrogen-bond donors (Lipinski definition) is 1. The number of hydrogen-bond acceptors (Lipinski definition) is 5. The van der Waals surface area contributed by atoms with Gasteiger partial charge in [-0.1, -0.05) is 56.3 Å². The van der Waals surface area contributed by atoms with Gasteiger partial charge in [0.25, 0.3) is 0 Å². The summed E-state index contributed by atoms with van der Waals surface area (Å²) >= 11 is 0. The summed E-state index contributed by atoms with van der Waals surface area (Å²) in [5.41, 5.74) is 9.51. The van der Waals surface area contributed by atoms with Crippen LogP contribution in [0, 0.1) is 5.41 Å². The monoisotopic (exact) mass is 419 g/mol. The molecule has 0 amide bonds. The lowest BCUT2D eigenvalue weighted by Crippen LogP contribution is -2.38. The number of benzene rings is 2. The normalized spacial score (nSPS) is 11.5. The highest BCUT2D eigenvalue weighted by Gasteiger charge is 2.21. The van der Waals surface area contributed by atoms with Crippen LogP contribution in [0.15, 0.2) is 73.1 Å². The summed E-state index contributed by atoms with van der Waals surface area (Å²) in [7, 11) is 1.68. The number of nitrogens with two attached hydrogens (primary N) is 1. The zero-order valence-electron chi connectivity index (χ0n) is 18.8. The third kappa shape index (κ3) is 7.09. The second kappa shape index (κ2) is 10.9. The smallest absolute Gasteiger partial charge is 0.161 e. The van der Waals surface area contributed by atoms with Gasteiger partial charge in [0.15, 0.2) is 11.5 Å². The summed E-state index contributed by atoms with van der Waals surface area (Å²) in [5.74, 6) is 1.49. The number of methoxy groups -OCH3 is 1. The Bertz CT molecular complexity index is 930. The van der Waals surface area contributed by atoms with E-state index in [0.29, 0.717) is 13.2 Å². The lowest BCUT2D eigenvalue weighted by atomic mass is 9.92. The fourth-order valence-electron chi connectivity index (χ4n) is 3.51. The Morgan fingerprint density at radius 3 is 2.32 bits per heavy atom. The standard InChI is InChI=1S/C26H33N3O2/c1-26(2,19-27)20-29(17-23-10-7-13-28-15-23)16-22-11-12-24(25(14-22)30-3)31-18-21-8-5-4-6-9-21/h4-15H,16-20,27H2,1-3H3. The van der Waals surface area contributed by atoms with Crippen LogP contribution in [0.1, 0.15) is 30.5 Å². The quantitative estimate of drug-likeness (QED) is 0.490. The van der Waals surface area contributed by atoms with E-state index < -0.39 is 0 Å². The molecular weight excluding hydrogens is 386 g/mol. The lowest BCUT2D eigenvalue weighted by Gasteiger charge is -2.32. The van der Waals surface area contributed by atoms with Gasteiger partial charge < -0.3 is 15.2 Å². The molecule has 164 valence electrons. The number of aromatic nitrogens is 1. The van der Waals surface area contributed by atoms with Crippen molar-refractivity contribution in [3.8, 4) is 11.5 Å². The minimum Gasteiger partial charge on any atom is -0.493 e. The first-order valence-electron chi connectivity index (χ1n) is 10.6. The first-order valence-corrected chi connectivity index (χ1v) is 10.6. The molecule has 0 aliphatic heterocycles. The molecule has 31 heavy (non-hydrogen) atoms. The van der Waals surface area contributed by atoms with Crippen molar-refractivity contribution in [2.24, 2.45) is 11.1 Å². The lowest BCUT2D eigenvalue weighted by molar-refractivity contribution is 0.168. The van der Waals surface area contributed by atoms with Gasteiger partial charge in [-0.3, -0.25) is 9.88 Å². The van der Waals surface area contributed by atoms with E-state index in [2.05, 4.69) is 54.1 Å². The molecule has 0 unspecified atom stereocenters. The number of nitrogens with zero attached hydrogens (tertiary/aromatic N) is 2. The van der Waals surface area contributed by atoms with Crippen molar-refractivity contribution >= 4 is 0 Å². The fraction of sp³-hybridized carbons (Fsp3) is 0.346. The van der Waals surface area contributed by atoms with Crippen LogP contribution < -0.4 is 15.2 Å². The van der Waals surface area contributed by atoms with Crippen LogP contribution in [0.25, 0.3) is 0 Å².